The SMILES string of the molecule is O=C(O)CC1CCNC(c2ccc(Cl)c(F)c2)C1. The van der Waals surface area contributed by atoms with Crippen molar-refractivity contribution in [2.24, 2.45) is 5.92 Å². The zero-order chi connectivity index (χ0) is 13.1. The van der Waals surface area contributed by atoms with Gasteiger partial charge in [-0.3, -0.25) is 4.79 Å². The molecule has 1 saturated heterocycles. The molecule has 2 unspecified atom stereocenters. The highest BCUT2D eigenvalue weighted by Crippen LogP contribution is 2.30. The number of piperidine rings is 1. The topological polar surface area (TPSA) is 49.3 Å². The van der Waals surface area contributed by atoms with E-state index in [0.29, 0.717) is 6.42 Å². The van der Waals surface area contributed by atoms with Crippen molar-refractivity contribution in [3.8, 4) is 0 Å². The standard InChI is InChI=1S/C13H15ClFNO2/c14-10-2-1-9(7-11(10)15)12-5-8(3-4-16-12)6-13(17)18/h1-2,7-8,12,16H,3-6H2,(H,17,18). The lowest BCUT2D eigenvalue weighted by molar-refractivity contribution is -0.138. The summed E-state index contributed by atoms with van der Waals surface area (Å²) in [4.78, 5) is 10.7. The number of carbonyl (C=O) groups is 1. The molecular formula is C13H15ClFNO2. The van der Waals surface area contributed by atoms with Crippen LogP contribution in [0.1, 0.15) is 30.9 Å². The Morgan fingerprint density at radius 3 is 3.00 bits per heavy atom. The summed E-state index contributed by atoms with van der Waals surface area (Å²) in [7, 11) is 0. The fraction of sp³-hybridized carbons (Fsp3) is 0.462. The summed E-state index contributed by atoms with van der Waals surface area (Å²) < 4.78 is 13.4. The lowest BCUT2D eigenvalue weighted by Gasteiger charge is -2.30. The highest BCUT2D eigenvalue weighted by Gasteiger charge is 2.24. The molecule has 2 N–H and O–H groups in total. The molecule has 0 radical (unpaired) electrons. The summed E-state index contributed by atoms with van der Waals surface area (Å²) in [5, 5.41) is 12.2. The predicted octanol–water partition coefficient (Wildman–Crippen LogP) is 2.99. The molecule has 0 spiro atoms. The Kier molecular flexibility index (Phi) is 4.19. The van der Waals surface area contributed by atoms with E-state index < -0.39 is 11.8 Å². The van der Waals surface area contributed by atoms with E-state index in [2.05, 4.69) is 5.32 Å². The van der Waals surface area contributed by atoms with Gasteiger partial charge in [-0.2, -0.15) is 0 Å². The summed E-state index contributed by atoms with van der Waals surface area (Å²) in [5.74, 6) is -1.06. The van der Waals surface area contributed by atoms with E-state index in [-0.39, 0.29) is 23.4 Å². The first kappa shape index (κ1) is 13.3. The van der Waals surface area contributed by atoms with E-state index in [9.17, 15) is 9.18 Å². The normalized spacial score (nSPS) is 23.9. The van der Waals surface area contributed by atoms with Gasteiger partial charge in [0.25, 0.3) is 0 Å². The predicted molar refractivity (Wildman–Crippen MR) is 67.1 cm³/mol. The van der Waals surface area contributed by atoms with Gasteiger partial charge in [0.05, 0.1) is 5.02 Å². The van der Waals surface area contributed by atoms with Crippen LogP contribution < -0.4 is 5.32 Å². The average Bonchev–Trinajstić information content (AvgIpc) is 2.32. The Bertz CT molecular complexity index is 453. The maximum atomic E-state index is 13.4. The highest BCUT2D eigenvalue weighted by molar-refractivity contribution is 6.30. The zero-order valence-electron chi connectivity index (χ0n) is 9.83. The monoisotopic (exact) mass is 271 g/mol. The summed E-state index contributed by atoms with van der Waals surface area (Å²) in [6.45, 7) is 0.757. The molecule has 2 rings (SSSR count). The van der Waals surface area contributed by atoms with E-state index in [1.54, 1.807) is 6.07 Å². The maximum absolute atomic E-state index is 13.4. The van der Waals surface area contributed by atoms with Gasteiger partial charge in [-0.1, -0.05) is 17.7 Å². The van der Waals surface area contributed by atoms with Gasteiger partial charge in [-0.25, -0.2) is 4.39 Å². The number of halogens is 2. The Labute approximate surface area is 110 Å². The van der Waals surface area contributed by atoms with Gasteiger partial charge < -0.3 is 10.4 Å². The van der Waals surface area contributed by atoms with E-state index >= 15 is 0 Å². The molecule has 0 saturated carbocycles. The van der Waals surface area contributed by atoms with Crippen LogP contribution in [0.4, 0.5) is 4.39 Å². The molecule has 1 aromatic rings. The van der Waals surface area contributed by atoms with Crippen LogP contribution in [0.2, 0.25) is 5.02 Å². The largest absolute Gasteiger partial charge is 0.481 e. The van der Waals surface area contributed by atoms with Crippen molar-refractivity contribution >= 4 is 17.6 Å². The lowest BCUT2D eigenvalue weighted by atomic mass is 9.87. The van der Waals surface area contributed by atoms with Crippen LogP contribution in [0.5, 0.6) is 0 Å². The van der Waals surface area contributed by atoms with Crippen LogP contribution >= 0.6 is 11.6 Å². The average molecular weight is 272 g/mol. The van der Waals surface area contributed by atoms with Gasteiger partial charge in [0.15, 0.2) is 0 Å². The number of carboxylic acids is 1. The van der Waals surface area contributed by atoms with Crippen molar-refractivity contribution in [2.75, 3.05) is 6.54 Å². The summed E-state index contributed by atoms with van der Waals surface area (Å²) in [6.07, 6.45) is 1.74. The Balaban J connectivity index is 2.08. The van der Waals surface area contributed by atoms with Crippen LogP contribution in [0.3, 0.4) is 0 Å². The Morgan fingerprint density at radius 2 is 2.33 bits per heavy atom. The molecular weight excluding hydrogens is 257 g/mol. The van der Waals surface area contributed by atoms with Crippen LogP contribution in [0.25, 0.3) is 0 Å². The highest BCUT2D eigenvalue weighted by atomic mass is 35.5. The van der Waals surface area contributed by atoms with Crippen molar-refractivity contribution in [1.82, 2.24) is 5.32 Å². The minimum Gasteiger partial charge on any atom is -0.481 e. The molecule has 0 aromatic heterocycles. The van der Waals surface area contributed by atoms with Crippen LogP contribution in [0.15, 0.2) is 18.2 Å². The van der Waals surface area contributed by atoms with Gasteiger partial charge in [-0.05, 0) is 43.0 Å². The van der Waals surface area contributed by atoms with E-state index in [0.717, 1.165) is 18.5 Å². The van der Waals surface area contributed by atoms with E-state index in [1.165, 1.54) is 12.1 Å². The molecule has 1 aliphatic rings. The van der Waals surface area contributed by atoms with Crippen LogP contribution in [-0.2, 0) is 4.79 Å². The second-order valence-electron chi connectivity index (χ2n) is 4.67. The number of nitrogens with one attached hydrogen (secondary N) is 1. The van der Waals surface area contributed by atoms with Crippen molar-refractivity contribution in [3.05, 3.63) is 34.6 Å². The molecule has 1 fully saturated rings. The van der Waals surface area contributed by atoms with Crippen LogP contribution in [-0.4, -0.2) is 17.6 Å². The number of hydrogen-bond donors (Lipinski definition) is 2. The molecule has 98 valence electrons. The molecule has 0 amide bonds. The van der Waals surface area contributed by atoms with Crippen molar-refractivity contribution < 1.29 is 14.3 Å². The van der Waals surface area contributed by atoms with Crippen molar-refractivity contribution in [3.63, 3.8) is 0 Å². The third-order valence-electron chi connectivity index (χ3n) is 3.32. The molecule has 2 atom stereocenters. The molecule has 5 heteroatoms. The molecule has 1 aliphatic heterocycles. The van der Waals surface area contributed by atoms with Gasteiger partial charge >= 0.3 is 5.97 Å². The summed E-state index contributed by atoms with van der Waals surface area (Å²) in [5.41, 5.74) is 0.826. The van der Waals surface area contributed by atoms with Gasteiger partial charge in [-0.15, -0.1) is 0 Å². The summed E-state index contributed by atoms with van der Waals surface area (Å²) >= 11 is 5.64. The van der Waals surface area contributed by atoms with E-state index in [4.69, 9.17) is 16.7 Å². The third kappa shape index (κ3) is 3.21. The molecule has 18 heavy (non-hydrogen) atoms. The zero-order valence-corrected chi connectivity index (χ0v) is 10.6. The first-order valence-electron chi connectivity index (χ1n) is 5.96. The fourth-order valence-corrected chi connectivity index (χ4v) is 2.53. The number of rotatable bonds is 3. The molecule has 3 nitrogen and oxygen atoms in total. The molecule has 1 aromatic carbocycles. The van der Waals surface area contributed by atoms with Gasteiger partial charge in [0.2, 0.25) is 0 Å². The first-order chi connectivity index (χ1) is 8.56. The second kappa shape index (κ2) is 5.67. The minimum atomic E-state index is -0.775. The van der Waals surface area contributed by atoms with Gasteiger partial charge in [0, 0.05) is 12.5 Å². The Hall–Kier alpha value is -1.13. The van der Waals surface area contributed by atoms with Crippen molar-refractivity contribution in [1.29, 1.82) is 0 Å². The molecule has 0 bridgehead atoms. The number of carboxylic acid groups (broad SMARTS) is 1. The summed E-state index contributed by atoms with van der Waals surface area (Å²) in [6, 6.07) is 4.75. The number of aliphatic carboxylic acids is 1. The molecule has 0 aliphatic carbocycles. The smallest absolute Gasteiger partial charge is 0.303 e. The Morgan fingerprint density at radius 1 is 1.56 bits per heavy atom. The quantitative estimate of drug-likeness (QED) is 0.888. The van der Waals surface area contributed by atoms with Gasteiger partial charge in [0.1, 0.15) is 5.82 Å². The number of benzene rings is 1. The van der Waals surface area contributed by atoms with Crippen LogP contribution in [0, 0.1) is 11.7 Å². The lowest BCUT2D eigenvalue weighted by Crippen LogP contribution is -2.32. The fourth-order valence-electron chi connectivity index (χ4n) is 2.41. The maximum Gasteiger partial charge on any atom is 0.303 e. The first-order valence-corrected chi connectivity index (χ1v) is 6.34. The minimum absolute atomic E-state index is 0.00914. The van der Waals surface area contributed by atoms with Crippen molar-refractivity contribution in [2.45, 2.75) is 25.3 Å². The third-order valence-corrected chi connectivity index (χ3v) is 3.63. The number of hydrogen-bond acceptors (Lipinski definition) is 2. The second-order valence-corrected chi connectivity index (χ2v) is 5.08. The van der Waals surface area contributed by atoms with E-state index in [1.807, 2.05) is 0 Å². The molecule has 1 heterocycles.